The Morgan fingerprint density at radius 2 is 1.53 bits per heavy atom. The molecule has 0 aromatic rings. The van der Waals surface area contributed by atoms with Crippen molar-refractivity contribution in [3.8, 4) is 0 Å². The summed E-state index contributed by atoms with van der Waals surface area (Å²) < 4.78 is 5.61. The normalized spacial score (nSPS) is 18.7. The topological polar surface area (TPSA) is 32.8 Å². The van der Waals surface area contributed by atoms with Crippen LogP contribution in [0, 0.1) is 0 Å². The van der Waals surface area contributed by atoms with Crippen LogP contribution in [0.2, 0.25) is 0 Å². The second kappa shape index (κ2) is 6.23. The van der Waals surface area contributed by atoms with Gasteiger partial charge in [0.15, 0.2) is 0 Å². The van der Waals surface area contributed by atoms with Crippen molar-refractivity contribution < 1.29 is 9.53 Å². The van der Waals surface area contributed by atoms with Gasteiger partial charge in [-0.2, -0.15) is 0 Å². The highest BCUT2D eigenvalue weighted by atomic mass is 16.5. The molecule has 19 heavy (non-hydrogen) atoms. The van der Waals surface area contributed by atoms with Gasteiger partial charge in [-0.15, -0.1) is 0 Å². The first-order chi connectivity index (χ1) is 8.59. The minimum atomic E-state index is -0.161. The summed E-state index contributed by atoms with van der Waals surface area (Å²) in [7, 11) is 0. The Labute approximate surface area is 118 Å². The van der Waals surface area contributed by atoms with E-state index in [4.69, 9.17) is 4.74 Å². The third-order valence-electron chi connectivity index (χ3n) is 3.43. The number of piperazine rings is 1. The number of rotatable bonds is 3. The van der Waals surface area contributed by atoms with E-state index in [0.717, 1.165) is 26.2 Å². The first-order valence-electron chi connectivity index (χ1n) is 7.26. The van der Waals surface area contributed by atoms with Crippen LogP contribution in [-0.2, 0) is 9.53 Å². The minimum absolute atomic E-state index is 0.161. The Hall–Kier alpha value is -0.610. The highest BCUT2D eigenvalue weighted by molar-refractivity contribution is 5.76. The molecule has 0 N–H and O–H groups in total. The summed E-state index contributed by atoms with van der Waals surface area (Å²) in [5, 5.41) is 0. The fourth-order valence-corrected chi connectivity index (χ4v) is 2.23. The van der Waals surface area contributed by atoms with Crippen LogP contribution < -0.4 is 0 Å². The van der Waals surface area contributed by atoms with Crippen LogP contribution in [0.25, 0.3) is 0 Å². The first-order valence-corrected chi connectivity index (χ1v) is 7.26. The number of nitrogens with zero attached hydrogens (tertiary/aromatic N) is 2. The molecule has 112 valence electrons. The van der Waals surface area contributed by atoms with Gasteiger partial charge in [-0.3, -0.25) is 9.69 Å². The number of hydrogen-bond donors (Lipinski definition) is 0. The van der Waals surface area contributed by atoms with Gasteiger partial charge in [0, 0.05) is 31.7 Å². The lowest BCUT2D eigenvalue weighted by molar-refractivity contribution is -0.136. The van der Waals surface area contributed by atoms with Crippen molar-refractivity contribution in [3.63, 3.8) is 0 Å². The predicted molar refractivity (Wildman–Crippen MR) is 78.2 cm³/mol. The number of ether oxygens (including phenoxy) is 1. The lowest BCUT2D eigenvalue weighted by atomic mass is 10.0. The lowest BCUT2D eigenvalue weighted by Crippen LogP contribution is -2.54. The van der Waals surface area contributed by atoms with Gasteiger partial charge in [0.25, 0.3) is 0 Å². The molecule has 1 heterocycles. The second-order valence-electron chi connectivity index (χ2n) is 7.25. The lowest BCUT2D eigenvalue weighted by Gasteiger charge is -2.42. The van der Waals surface area contributed by atoms with Crippen molar-refractivity contribution in [2.75, 3.05) is 32.8 Å². The molecule has 1 saturated heterocycles. The standard InChI is InChI=1S/C15H30N2O2/c1-14(2,3)17-10-8-16(9-11-17)13(18)7-12-19-15(4,5)6/h7-12H2,1-6H3. The second-order valence-corrected chi connectivity index (χ2v) is 7.25. The van der Waals surface area contributed by atoms with E-state index in [1.54, 1.807) is 0 Å². The Bertz CT molecular complexity index is 294. The van der Waals surface area contributed by atoms with Gasteiger partial charge in [-0.25, -0.2) is 0 Å². The molecule has 4 heteroatoms. The van der Waals surface area contributed by atoms with E-state index in [2.05, 4.69) is 25.7 Å². The molecular weight excluding hydrogens is 240 g/mol. The van der Waals surface area contributed by atoms with Crippen LogP contribution in [-0.4, -0.2) is 59.6 Å². The van der Waals surface area contributed by atoms with Crippen molar-refractivity contribution >= 4 is 5.91 Å². The highest BCUT2D eigenvalue weighted by Crippen LogP contribution is 2.16. The SMILES string of the molecule is CC(C)(C)OCCC(=O)N1CCN(C(C)(C)C)CC1. The first kappa shape index (κ1) is 16.4. The molecule has 0 bridgehead atoms. The van der Waals surface area contributed by atoms with Crippen LogP contribution in [0.4, 0.5) is 0 Å². The number of hydrogen-bond acceptors (Lipinski definition) is 3. The maximum atomic E-state index is 12.1. The molecule has 1 aliphatic heterocycles. The monoisotopic (exact) mass is 270 g/mol. The summed E-state index contributed by atoms with van der Waals surface area (Å²) >= 11 is 0. The van der Waals surface area contributed by atoms with Crippen molar-refractivity contribution in [3.05, 3.63) is 0 Å². The fourth-order valence-electron chi connectivity index (χ4n) is 2.23. The summed E-state index contributed by atoms with van der Waals surface area (Å²) in [6.07, 6.45) is 0.493. The molecule has 0 aromatic heterocycles. The summed E-state index contributed by atoms with van der Waals surface area (Å²) in [5.74, 6) is 0.220. The molecule has 4 nitrogen and oxygen atoms in total. The zero-order chi connectivity index (χ0) is 14.7. The molecule has 0 radical (unpaired) electrons. The Morgan fingerprint density at radius 3 is 1.95 bits per heavy atom. The van der Waals surface area contributed by atoms with Gasteiger partial charge in [-0.05, 0) is 41.5 Å². The van der Waals surface area contributed by atoms with E-state index in [-0.39, 0.29) is 17.0 Å². The summed E-state index contributed by atoms with van der Waals surface area (Å²) in [4.78, 5) is 16.5. The van der Waals surface area contributed by atoms with Crippen LogP contribution in [0.1, 0.15) is 48.0 Å². The van der Waals surface area contributed by atoms with E-state index in [1.165, 1.54) is 0 Å². The molecule has 0 spiro atoms. The maximum absolute atomic E-state index is 12.1. The van der Waals surface area contributed by atoms with Crippen molar-refractivity contribution in [2.45, 2.75) is 59.1 Å². The van der Waals surface area contributed by atoms with Gasteiger partial charge in [-0.1, -0.05) is 0 Å². The number of carbonyl (C=O) groups is 1. The molecule has 0 aliphatic carbocycles. The molecule has 1 aliphatic rings. The van der Waals surface area contributed by atoms with Gasteiger partial charge in [0.05, 0.1) is 18.6 Å². The van der Waals surface area contributed by atoms with Gasteiger partial charge in [0.2, 0.25) is 5.91 Å². The third kappa shape index (κ3) is 5.91. The van der Waals surface area contributed by atoms with Crippen LogP contribution in [0.15, 0.2) is 0 Å². The number of carbonyl (C=O) groups excluding carboxylic acids is 1. The van der Waals surface area contributed by atoms with Crippen LogP contribution in [0.5, 0.6) is 0 Å². The average Bonchev–Trinajstić information content (AvgIpc) is 2.26. The molecule has 1 fully saturated rings. The molecule has 0 saturated carbocycles. The van der Waals surface area contributed by atoms with Crippen molar-refractivity contribution in [1.82, 2.24) is 9.80 Å². The van der Waals surface area contributed by atoms with E-state index in [9.17, 15) is 4.79 Å². The summed E-state index contributed by atoms with van der Waals surface area (Å²) in [5.41, 5.74) is 0.0374. The van der Waals surface area contributed by atoms with E-state index in [1.807, 2.05) is 25.7 Å². The van der Waals surface area contributed by atoms with Gasteiger partial charge >= 0.3 is 0 Å². The summed E-state index contributed by atoms with van der Waals surface area (Å²) in [6.45, 7) is 16.8. The quantitative estimate of drug-likeness (QED) is 0.787. The molecule has 1 amide bonds. The Balaban J connectivity index is 2.29. The highest BCUT2D eigenvalue weighted by Gasteiger charge is 2.27. The molecule has 1 rings (SSSR count). The van der Waals surface area contributed by atoms with Crippen molar-refractivity contribution in [1.29, 1.82) is 0 Å². The smallest absolute Gasteiger partial charge is 0.224 e. The molecular formula is C15H30N2O2. The zero-order valence-electron chi connectivity index (χ0n) is 13.5. The molecule has 0 aromatic carbocycles. The Kier molecular flexibility index (Phi) is 5.39. The minimum Gasteiger partial charge on any atom is -0.375 e. The van der Waals surface area contributed by atoms with Gasteiger partial charge in [0.1, 0.15) is 0 Å². The largest absolute Gasteiger partial charge is 0.375 e. The third-order valence-corrected chi connectivity index (χ3v) is 3.43. The Morgan fingerprint density at radius 1 is 1.00 bits per heavy atom. The van der Waals surface area contributed by atoms with Gasteiger partial charge < -0.3 is 9.64 Å². The molecule has 0 atom stereocenters. The summed E-state index contributed by atoms with van der Waals surface area (Å²) in [6, 6.07) is 0. The zero-order valence-corrected chi connectivity index (χ0v) is 13.5. The average molecular weight is 270 g/mol. The molecule has 0 unspecified atom stereocenters. The maximum Gasteiger partial charge on any atom is 0.224 e. The van der Waals surface area contributed by atoms with E-state index in [0.29, 0.717) is 13.0 Å². The van der Waals surface area contributed by atoms with Crippen LogP contribution in [0.3, 0.4) is 0 Å². The number of amides is 1. The van der Waals surface area contributed by atoms with Crippen LogP contribution >= 0.6 is 0 Å². The fraction of sp³-hybridized carbons (Fsp3) is 0.933. The van der Waals surface area contributed by atoms with E-state index < -0.39 is 0 Å². The van der Waals surface area contributed by atoms with Crippen molar-refractivity contribution in [2.24, 2.45) is 0 Å². The van der Waals surface area contributed by atoms with E-state index >= 15 is 0 Å². The predicted octanol–water partition coefficient (Wildman–Crippen LogP) is 2.13.